The number of carbonyl (C=O) groups excluding carboxylic acids is 2. The van der Waals surface area contributed by atoms with Crippen molar-refractivity contribution in [3.8, 4) is 0 Å². The molecule has 2 heterocycles. The third-order valence-electron chi connectivity index (χ3n) is 3.08. The molecular formula is C12H20N6O2. The fourth-order valence-electron chi connectivity index (χ4n) is 1.86. The highest BCUT2D eigenvalue weighted by Gasteiger charge is 2.17. The van der Waals surface area contributed by atoms with E-state index in [-0.39, 0.29) is 24.3 Å². The SMILES string of the molecule is CC(C)C(=O)Nc1cn(CC(=O)N2CCNCC2)nn1. The molecule has 110 valence electrons. The summed E-state index contributed by atoms with van der Waals surface area (Å²) in [6.45, 7) is 6.80. The van der Waals surface area contributed by atoms with E-state index in [1.54, 1.807) is 24.9 Å². The van der Waals surface area contributed by atoms with E-state index in [2.05, 4.69) is 20.9 Å². The van der Waals surface area contributed by atoms with Crippen molar-refractivity contribution in [3.05, 3.63) is 6.20 Å². The van der Waals surface area contributed by atoms with Crippen molar-refractivity contribution in [1.29, 1.82) is 0 Å². The van der Waals surface area contributed by atoms with Crippen LogP contribution in [0.5, 0.6) is 0 Å². The van der Waals surface area contributed by atoms with Gasteiger partial charge < -0.3 is 15.5 Å². The number of hydrogen-bond acceptors (Lipinski definition) is 5. The Morgan fingerprint density at radius 2 is 2.10 bits per heavy atom. The average Bonchev–Trinajstić information content (AvgIpc) is 2.86. The Bertz CT molecular complexity index is 478. The van der Waals surface area contributed by atoms with Crippen LogP contribution in [-0.4, -0.2) is 57.9 Å². The molecule has 1 aliphatic heterocycles. The highest BCUT2D eigenvalue weighted by Crippen LogP contribution is 2.04. The van der Waals surface area contributed by atoms with Crippen LogP contribution in [0.15, 0.2) is 6.20 Å². The number of nitrogens with one attached hydrogen (secondary N) is 2. The van der Waals surface area contributed by atoms with Crippen LogP contribution in [0, 0.1) is 5.92 Å². The number of aromatic nitrogens is 3. The standard InChI is InChI=1S/C12H20N6O2/c1-9(2)12(20)14-10-7-18(16-15-10)8-11(19)17-5-3-13-4-6-17/h7,9,13H,3-6,8H2,1-2H3,(H,14,20). The average molecular weight is 280 g/mol. The number of anilines is 1. The van der Waals surface area contributed by atoms with Gasteiger partial charge in [-0.1, -0.05) is 19.1 Å². The van der Waals surface area contributed by atoms with Crippen molar-refractivity contribution in [3.63, 3.8) is 0 Å². The van der Waals surface area contributed by atoms with Crippen LogP contribution in [0.25, 0.3) is 0 Å². The van der Waals surface area contributed by atoms with E-state index in [1.807, 2.05) is 0 Å². The molecule has 0 aliphatic carbocycles. The summed E-state index contributed by atoms with van der Waals surface area (Å²) < 4.78 is 1.44. The van der Waals surface area contributed by atoms with Gasteiger partial charge in [-0.15, -0.1) is 5.10 Å². The van der Waals surface area contributed by atoms with Gasteiger partial charge >= 0.3 is 0 Å². The molecule has 2 amide bonds. The molecule has 0 radical (unpaired) electrons. The van der Waals surface area contributed by atoms with E-state index < -0.39 is 0 Å². The quantitative estimate of drug-likeness (QED) is 0.761. The highest BCUT2D eigenvalue weighted by molar-refractivity contribution is 5.90. The second-order valence-corrected chi connectivity index (χ2v) is 5.08. The van der Waals surface area contributed by atoms with Crippen LogP contribution in [0.3, 0.4) is 0 Å². The summed E-state index contributed by atoms with van der Waals surface area (Å²) >= 11 is 0. The summed E-state index contributed by atoms with van der Waals surface area (Å²) in [5, 5.41) is 13.5. The first-order valence-electron chi connectivity index (χ1n) is 6.76. The maximum atomic E-state index is 12.0. The Morgan fingerprint density at radius 1 is 1.40 bits per heavy atom. The highest BCUT2D eigenvalue weighted by atomic mass is 16.2. The molecule has 0 unspecified atom stereocenters. The van der Waals surface area contributed by atoms with Crippen molar-refractivity contribution < 1.29 is 9.59 Å². The number of hydrogen-bond donors (Lipinski definition) is 2. The maximum Gasteiger partial charge on any atom is 0.244 e. The van der Waals surface area contributed by atoms with Gasteiger partial charge in [0, 0.05) is 32.1 Å². The van der Waals surface area contributed by atoms with E-state index in [0.29, 0.717) is 18.9 Å². The summed E-state index contributed by atoms with van der Waals surface area (Å²) in [6, 6.07) is 0. The Labute approximate surface area is 117 Å². The van der Waals surface area contributed by atoms with E-state index in [9.17, 15) is 9.59 Å². The van der Waals surface area contributed by atoms with E-state index in [0.717, 1.165) is 13.1 Å². The molecular weight excluding hydrogens is 260 g/mol. The van der Waals surface area contributed by atoms with Crippen LogP contribution >= 0.6 is 0 Å². The van der Waals surface area contributed by atoms with Crippen molar-refractivity contribution in [2.24, 2.45) is 5.92 Å². The lowest BCUT2D eigenvalue weighted by Crippen LogP contribution is -2.47. The second-order valence-electron chi connectivity index (χ2n) is 5.08. The Kier molecular flexibility index (Phi) is 4.67. The zero-order valence-corrected chi connectivity index (χ0v) is 11.8. The van der Waals surface area contributed by atoms with Gasteiger partial charge in [0.15, 0.2) is 5.82 Å². The summed E-state index contributed by atoms with van der Waals surface area (Å²) in [4.78, 5) is 25.3. The molecule has 1 fully saturated rings. The summed E-state index contributed by atoms with van der Waals surface area (Å²) in [7, 11) is 0. The van der Waals surface area contributed by atoms with Gasteiger partial charge in [-0.3, -0.25) is 9.59 Å². The van der Waals surface area contributed by atoms with Crippen molar-refractivity contribution in [2.75, 3.05) is 31.5 Å². The largest absolute Gasteiger partial charge is 0.339 e. The van der Waals surface area contributed by atoms with E-state index in [4.69, 9.17) is 0 Å². The number of amides is 2. The lowest BCUT2D eigenvalue weighted by atomic mass is 10.2. The molecule has 1 aliphatic rings. The fraction of sp³-hybridized carbons (Fsp3) is 0.667. The third kappa shape index (κ3) is 3.77. The summed E-state index contributed by atoms with van der Waals surface area (Å²) in [6.07, 6.45) is 1.57. The minimum atomic E-state index is -0.123. The molecule has 0 aromatic carbocycles. The molecule has 8 nitrogen and oxygen atoms in total. The third-order valence-corrected chi connectivity index (χ3v) is 3.08. The number of rotatable bonds is 4. The van der Waals surface area contributed by atoms with Crippen LogP contribution in [0.1, 0.15) is 13.8 Å². The smallest absolute Gasteiger partial charge is 0.244 e. The topological polar surface area (TPSA) is 92.2 Å². The maximum absolute atomic E-state index is 12.0. The fourth-order valence-corrected chi connectivity index (χ4v) is 1.86. The molecule has 1 saturated heterocycles. The number of nitrogens with zero attached hydrogens (tertiary/aromatic N) is 4. The minimum Gasteiger partial charge on any atom is -0.339 e. The van der Waals surface area contributed by atoms with Crippen molar-refractivity contribution in [2.45, 2.75) is 20.4 Å². The summed E-state index contributed by atoms with van der Waals surface area (Å²) in [5.74, 6) is 0.142. The van der Waals surface area contributed by atoms with Gasteiger partial charge in [0.1, 0.15) is 6.54 Å². The van der Waals surface area contributed by atoms with Gasteiger partial charge in [0.2, 0.25) is 11.8 Å². The molecule has 0 atom stereocenters. The Hall–Kier alpha value is -1.96. The van der Waals surface area contributed by atoms with Gasteiger partial charge in [-0.2, -0.15) is 0 Å². The molecule has 1 aromatic rings. The first kappa shape index (κ1) is 14.4. The molecule has 0 spiro atoms. The monoisotopic (exact) mass is 280 g/mol. The zero-order valence-electron chi connectivity index (χ0n) is 11.8. The molecule has 1 aromatic heterocycles. The first-order chi connectivity index (χ1) is 9.56. The predicted octanol–water partition coefficient (Wildman–Crippen LogP) is -0.696. The normalized spacial score (nSPS) is 15.4. The first-order valence-corrected chi connectivity index (χ1v) is 6.76. The summed E-state index contributed by atoms with van der Waals surface area (Å²) in [5.41, 5.74) is 0. The molecule has 0 saturated carbocycles. The van der Waals surface area contributed by atoms with Gasteiger partial charge in [0.05, 0.1) is 6.20 Å². The van der Waals surface area contributed by atoms with Gasteiger partial charge in [-0.05, 0) is 0 Å². The lowest BCUT2D eigenvalue weighted by molar-refractivity contribution is -0.132. The second kappa shape index (κ2) is 6.47. The molecule has 0 bridgehead atoms. The Morgan fingerprint density at radius 3 is 2.75 bits per heavy atom. The van der Waals surface area contributed by atoms with Gasteiger partial charge in [0.25, 0.3) is 0 Å². The minimum absolute atomic E-state index is 0.0122. The van der Waals surface area contributed by atoms with E-state index >= 15 is 0 Å². The predicted molar refractivity (Wildman–Crippen MR) is 72.9 cm³/mol. The van der Waals surface area contributed by atoms with Crippen molar-refractivity contribution >= 4 is 17.6 Å². The number of piperazine rings is 1. The van der Waals surface area contributed by atoms with Crippen LogP contribution in [-0.2, 0) is 16.1 Å². The zero-order chi connectivity index (χ0) is 14.5. The van der Waals surface area contributed by atoms with Crippen LogP contribution in [0.2, 0.25) is 0 Å². The van der Waals surface area contributed by atoms with Crippen LogP contribution in [0.4, 0.5) is 5.82 Å². The molecule has 2 N–H and O–H groups in total. The lowest BCUT2D eigenvalue weighted by Gasteiger charge is -2.27. The molecule has 20 heavy (non-hydrogen) atoms. The van der Waals surface area contributed by atoms with Gasteiger partial charge in [-0.25, -0.2) is 4.68 Å². The number of carbonyl (C=O) groups is 2. The van der Waals surface area contributed by atoms with Crippen LogP contribution < -0.4 is 10.6 Å². The molecule has 8 heteroatoms. The van der Waals surface area contributed by atoms with E-state index in [1.165, 1.54) is 4.68 Å². The van der Waals surface area contributed by atoms with Crippen molar-refractivity contribution in [1.82, 2.24) is 25.2 Å². The molecule has 2 rings (SSSR count). The Balaban J connectivity index is 1.88.